The lowest BCUT2D eigenvalue weighted by molar-refractivity contribution is 0.0696. The number of anilines is 2. The number of carbonyl (C=O) groups excluding carboxylic acids is 1. The minimum Gasteiger partial charge on any atom is -0.493 e. The van der Waals surface area contributed by atoms with E-state index in [9.17, 15) is 9.59 Å². The summed E-state index contributed by atoms with van der Waals surface area (Å²) < 4.78 is 14.3. The number of hydrogen-bond donors (Lipinski definition) is 3. The number of hydrogen-bond acceptors (Lipinski definition) is 9. The van der Waals surface area contributed by atoms with E-state index < -0.39 is 5.97 Å². The molecule has 0 bridgehead atoms. The number of carboxylic acids is 1. The Balaban J connectivity index is 0.000000140. The maximum atomic E-state index is 12.4. The van der Waals surface area contributed by atoms with E-state index in [1.807, 2.05) is 54.9 Å². The van der Waals surface area contributed by atoms with E-state index in [0.29, 0.717) is 37.0 Å². The summed E-state index contributed by atoms with van der Waals surface area (Å²) in [6.45, 7) is 2.71. The van der Waals surface area contributed by atoms with E-state index in [4.69, 9.17) is 20.3 Å². The number of nitrogens with zero attached hydrogens (tertiary/aromatic N) is 6. The first-order chi connectivity index (χ1) is 23.9. The number of carbonyl (C=O) groups is 2. The van der Waals surface area contributed by atoms with Crippen LogP contribution < -0.4 is 20.5 Å². The van der Waals surface area contributed by atoms with E-state index in [-0.39, 0.29) is 11.5 Å². The predicted octanol–water partition coefficient (Wildman–Crippen LogP) is 4.74. The van der Waals surface area contributed by atoms with Crippen molar-refractivity contribution >= 4 is 23.5 Å². The highest BCUT2D eigenvalue weighted by molar-refractivity contribution is 6.04. The van der Waals surface area contributed by atoms with E-state index in [1.165, 1.54) is 0 Å². The zero-order chi connectivity index (χ0) is 34.0. The van der Waals surface area contributed by atoms with Crippen LogP contribution in [0.25, 0.3) is 0 Å². The number of nitrogens with two attached hydrogens (primary N) is 1. The van der Waals surface area contributed by atoms with Crippen LogP contribution in [0.4, 0.5) is 11.6 Å². The highest BCUT2D eigenvalue weighted by Crippen LogP contribution is 2.27. The molecular weight excluding hydrogens is 624 g/mol. The highest BCUT2D eigenvalue weighted by Gasteiger charge is 2.16. The van der Waals surface area contributed by atoms with Gasteiger partial charge in [0.15, 0.2) is 5.82 Å². The summed E-state index contributed by atoms with van der Waals surface area (Å²) in [5, 5.41) is 19.9. The summed E-state index contributed by atoms with van der Waals surface area (Å²) in [5.41, 5.74) is 10.9. The first-order valence-electron chi connectivity index (χ1n) is 15.6. The second kappa shape index (κ2) is 15.4. The largest absolute Gasteiger partial charge is 0.493 e. The Morgan fingerprint density at radius 1 is 0.714 bits per heavy atom. The average molecular weight is 659 g/mol. The van der Waals surface area contributed by atoms with Crippen molar-refractivity contribution in [1.82, 2.24) is 29.5 Å². The molecule has 248 valence electrons. The lowest BCUT2D eigenvalue weighted by atomic mass is 10.1. The van der Waals surface area contributed by atoms with Crippen molar-refractivity contribution in [3.63, 3.8) is 0 Å². The Labute approximate surface area is 282 Å². The fraction of sp³-hybridized carbons (Fsp3) is 0.167. The van der Waals surface area contributed by atoms with Crippen LogP contribution >= 0.6 is 0 Å². The summed E-state index contributed by atoms with van der Waals surface area (Å²) in [5.74, 6) is 1.49. The van der Waals surface area contributed by atoms with Crippen LogP contribution in [0.1, 0.15) is 43.0 Å². The van der Waals surface area contributed by atoms with Crippen molar-refractivity contribution in [3.05, 3.63) is 143 Å². The van der Waals surface area contributed by atoms with Crippen LogP contribution in [-0.4, -0.2) is 59.7 Å². The Morgan fingerprint density at radius 2 is 1.24 bits per heavy atom. The van der Waals surface area contributed by atoms with E-state index in [2.05, 4.69) is 25.5 Å². The summed E-state index contributed by atoms with van der Waals surface area (Å²) in [4.78, 5) is 30.8. The van der Waals surface area contributed by atoms with Crippen LogP contribution in [-0.2, 0) is 25.9 Å². The molecule has 2 aromatic carbocycles. The van der Waals surface area contributed by atoms with Crippen molar-refractivity contribution < 1.29 is 24.2 Å². The second-order valence-electron chi connectivity index (χ2n) is 11.1. The Hall–Kier alpha value is -6.50. The van der Waals surface area contributed by atoms with Gasteiger partial charge in [0.1, 0.15) is 17.3 Å². The number of amides is 1. The first-order valence-corrected chi connectivity index (χ1v) is 15.6. The van der Waals surface area contributed by atoms with Gasteiger partial charge in [0.05, 0.1) is 31.9 Å². The molecule has 0 saturated carbocycles. The monoisotopic (exact) mass is 658 g/mol. The Kier molecular flexibility index (Phi) is 10.2. The molecule has 0 saturated heterocycles. The first kappa shape index (κ1) is 32.4. The number of benzene rings is 2. The van der Waals surface area contributed by atoms with Crippen LogP contribution in [0.2, 0.25) is 0 Å². The maximum Gasteiger partial charge on any atom is 0.335 e. The number of ether oxygens (including phenoxy) is 2. The molecule has 13 nitrogen and oxygen atoms in total. The number of aromatic carboxylic acids is 1. The van der Waals surface area contributed by atoms with Gasteiger partial charge in [-0.3, -0.25) is 24.1 Å². The molecule has 0 fully saturated rings. The minimum atomic E-state index is -0.909. The molecule has 2 aliphatic rings. The molecule has 6 aromatic rings. The zero-order valence-electron chi connectivity index (χ0n) is 26.5. The summed E-state index contributed by atoms with van der Waals surface area (Å²) in [7, 11) is 0. The molecule has 0 atom stereocenters. The number of rotatable bonds is 7. The van der Waals surface area contributed by atoms with Crippen molar-refractivity contribution in [1.29, 1.82) is 0 Å². The third kappa shape index (κ3) is 8.86. The minimum absolute atomic E-state index is 0.192. The topological polar surface area (TPSA) is 172 Å². The van der Waals surface area contributed by atoms with Crippen molar-refractivity contribution in [2.75, 3.05) is 24.3 Å². The van der Waals surface area contributed by atoms with Gasteiger partial charge >= 0.3 is 5.97 Å². The van der Waals surface area contributed by atoms with Gasteiger partial charge < -0.3 is 25.6 Å². The Morgan fingerprint density at radius 3 is 1.80 bits per heavy atom. The number of nitrogen functional groups attached to an aromatic ring is 1. The molecule has 8 rings (SSSR count). The predicted molar refractivity (Wildman–Crippen MR) is 182 cm³/mol. The quantitative estimate of drug-likeness (QED) is 0.218. The molecule has 13 heteroatoms. The molecule has 0 unspecified atom stereocenters. The molecule has 2 aliphatic heterocycles. The standard InChI is InChI=1S/C18H16N4O2.C9H10N4.C9H8O3/c23-18(15-2-1-14-6-10-24-16(14)11-15)20-17-5-9-22(21-17)12-13-3-7-19-8-4-13;10-9-3-6-13(12-9)7-8-1-4-11-5-2-8;10-9(11)7-2-1-6-3-4-12-8(6)5-7/h1-5,7-9,11H,6,10,12H2,(H,20,21,23);1-6H,7H2,(H2,10,12);1-2,5H,3-4H2,(H,10,11). The van der Waals surface area contributed by atoms with Gasteiger partial charge in [0, 0.05) is 61.7 Å². The molecule has 49 heavy (non-hydrogen) atoms. The molecule has 0 spiro atoms. The zero-order valence-corrected chi connectivity index (χ0v) is 26.5. The second-order valence-corrected chi connectivity index (χ2v) is 11.1. The summed E-state index contributed by atoms with van der Waals surface area (Å²) in [6, 6.07) is 21.9. The Bertz CT molecular complexity index is 2030. The van der Waals surface area contributed by atoms with Gasteiger partial charge in [-0.05, 0) is 76.9 Å². The van der Waals surface area contributed by atoms with E-state index in [0.717, 1.165) is 53.1 Å². The fourth-order valence-electron chi connectivity index (χ4n) is 5.13. The maximum absolute atomic E-state index is 12.4. The van der Waals surface area contributed by atoms with Gasteiger partial charge in [0.25, 0.3) is 5.91 Å². The number of fused-ring (bicyclic) bond motifs is 2. The molecule has 0 radical (unpaired) electrons. The fourth-order valence-corrected chi connectivity index (χ4v) is 5.13. The molecule has 1 amide bonds. The average Bonchev–Trinajstić information content (AvgIpc) is 3.94. The van der Waals surface area contributed by atoms with Gasteiger partial charge in [-0.2, -0.15) is 10.2 Å². The number of pyridine rings is 2. The summed E-state index contributed by atoms with van der Waals surface area (Å²) >= 11 is 0. The van der Waals surface area contributed by atoms with E-state index in [1.54, 1.807) is 64.5 Å². The molecular formula is C36H34N8O5. The molecule has 0 aliphatic carbocycles. The highest BCUT2D eigenvalue weighted by atomic mass is 16.5. The van der Waals surface area contributed by atoms with Gasteiger partial charge in [0.2, 0.25) is 0 Å². The lowest BCUT2D eigenvalue weighted by Gasteiger charge is -2.05. The number of aromatic nitrogens is 6. The third-order valence-electron chi connectivity index (χ3n) is 7.63. The van der Waals surface area contributed by atoms with Crippen molar-refractivity contribution in [2.24, 2.45) is 0 Å². The van der Waals surface area contributed by atoms with Crippen LogP contribution in [0, 0.1) is 0 Å². The number of nitrogens with one attached hydrogen (secondary N) is 1. The normalized spacial score (nSPS) is 12.2. The number of carboxylic acid groups (broad SMARTS) is 1. The van der Waals surface area contributed by atoms with Crippen molar-refractivity contribution in [3.8, 4) is 11.5 Å². The summed E-state index contributed by atoms with van der Waals surface area (Å²) in [6.07, 6.45) is 12.5. The third-order valence-corrected chi connectivity index (χ3v) is 7.63. The molecule has 4 N–H and O–H groups in total. The van der Waals surface area contributed by atoms with E-state index >= 15 is 0 Å². The van der Waals surface area contributed by atoms with Gasteiger partial charge in [-0.1, -0.05) is 12.1 Å². The SMILES string of the molecule is Nc1ccn(Cc2ccncc2)n1.O=C(Nc1ccn(Cc2ccncc2)n1)c1ccc2c(c1)OCC2.O=C(O)c1ccc2c(c1)OCC2. The van der Waals surface area contributed by atoms with Crippen molar-refractivity contribution in [2.45, 2.75) is 25.9 Å². The van der Waals surface area contributed by atoms with Crippen LogP contribution in [0.5, 0.6) is 11.5 Å². The van der Waals surface area contributed by atoms with Gasteiger partial charge in [-0.15, -0.1) is 0 Å². The van der Waals surface area contributed by atoms with Gasteiger partial charge in [-0.25, -0.2) is 4.79 Å². The lowest BCUT2D eigenvalue weighted by Crippen LogP contribution is -2.13. The molecule has 4 aromatic heterocycles. The smallest absolute Gasteiger partial charge is 0.335 e. The van der Waals surface area contributed by atoms with Crippen LogP contribution in [0.15, 0.2) is 110 Å². The van der Waals surface area contributed by atoms with Crippen LogP contribution in [0.3, 0.4) is 0 Å². The molecule has 6 heterocycles.